The van der Waals surface area contributed by atoms with Crippen LogP contribution in [0.1, 0.15) is 31.0 Å². The van der Waals surface area contributed by atoms with Crippen LogP contribution in [0.25, 0.3) is 0 Å². The van der Waals surface area contributed by atoms with E-state index in [1.165, 1.54) is 4.31 Å². The lowest BCUT2D eigenvalue weighted by Crippen LogP contribution is -2.34. The first kappa shape index (κ1) is 19.6. The van der Waals surface area contributed by atoms with Gasteiger partial charge in [-0.1, -0.05) is 55.0 Å². The maximum Gasteiger partial charge on any atom is 0.311 e. The standard InChI is InChI=1S/C21H25NO4S/c1-4-26-21(23)19-16(3)14-22(20(19)17-8-6-5-7-9-17)27(24,25)18-12-10-15(2)11-13-18/h5-13,16,19-20H,4,14H2,1-3H3/t16-,19-,20+/m0/s1. The number of benzene rings is 2. The zero-order valence-corrected chi connectivity index (χ0v) is 16.6. The number of carbonyl (C=O) groups excluding carboxylic acids is 1. The first-order valence-electron chi connectivity index (χ1n) is 9.16. The molecule has 0 spiro atoms. The summed E-state index contributed by atoms with van der Waals surface area (Å²) in [5, 5.41) is 0. The van der Waals surface area contributed by atoms with E-state index in [1.807, 2.05) is 44.2 Å². The molecule has 144 valence electrons. The predicted octanol–water partition coefficient (Wildman–Crippen LogP) is 3.56. The lowest BCUT2D eigenvalue weighted by Gasteiger charge is -2.27. The fraction of sp³-hybridized carbons (Fsp3) is 0.381. The van der Waals surface area contributed by atoms with Crippen LogP contribution in [0, 0.1) is 18.8 Å². The van der Waals surface area contributed by atoms with Gasteiger partial charge in [-0.3, -0.25) is 4.79 Å². The number of hydrogen-bond acceptors (Lipinski definition) is 4. The van der Waals surface area contributed by atoms with Crippen LogP contribution in [-0.2, 0) is 19.6 Å². The Morgan fingerprint density at radius 3 is 2.33 bits per heavy atom. The van der Waals surface area contributed by atoms with Gasteiger partial charge >= 0.3 is 5.97 Å². The van der Waals surface area contributed by atoms with Crippen LogP contribution in [0.5, 0.6) is 0 Å². The van der Waals surface area contributed by atoms with Crippen LogP contribution >= 0.6 is 0 Å². The minimum absolute atomic E-state index is 0.144. The number of esters is 1. The lowest BCUT2D eigenvalue weighted by atomic mass is 9.88. The molecule has 0 unspecified atom stereocenters. The van der Waals surface area contributed by atoms with Crippen LogP contribution in [0.3, 0.4) is 0 Å². The normalized spacial score (nSPS) is 23.3. The number of nitrogens with zero attached hydrogens (tertiary/aromatic N) is 1. The molecule has 6 heteroatoms. The Morgan fingerprint density at radius 2 is 1.74 bits per heavy atom. The van der Waals surface area contributed by atoms with E-state index in [0.29, 0.717) is 0 Å². The van der Waals surface area contributed by atoms with E-state index in [9.17, 15) is 13.2 Å². The van der Waals surface area contributed by atoms with Gasteiger partial charge in [-0.2, -0.15) is 4.31 Å². The first-order valence-corrected chi connectivity index (χ1v) is 10.6. The molecule has 0 aliphatic carbocycles. The van der Waals surface area contributed by atoms with E-state index in [4.69, 9.17) is 4.74 Å². The van der Waals surface area contributed by atoms with E-state index < -0.39 is 22.0 Å². The molecule has 1 fully saturated rings. The summed E-state index contributed by atoms with van der Waals surface area (Å²) in [5.74, 6) is -1.03. The van der Waals surface area contributed by atoms with Crippen molar-refractivity contribution in [1.82, 2.24) is 4.31 Å². The van der Waals surface area contributed by atoms with Gasteiger partial charge in [0.1, 0.15) is 0 Å². The van der Waals surface area contributed by atoms with Gasteiger partial charge in [0.15, 0.2) is 0 Å². The third kappa shape index (κ3) is 3.77. The monoisotopic (exact) mass is 387 g/mol. The number of carbonyl (C=O) groups is 1. The van der Waals surface area contributed by atoms with Crippen molar-refractivity contribution in [1.29, 1.82) is 0 Å². The second-order valence-corrected chi connectivity index (χ2v) is 8.89. The zero-order chi connectivity index (χ0) is 19.6. The molecule has 2 aromatic rings. The Kier molecular flexibility index (Phi) is 5.67. The van der Waals surface area contributed by atoms with Crippen molar-refractivity contribution in [3.63, 3.8) is 0 Å². The molecule has 0 radical (unpaired) electrons. The van der Waals surface area contributed by atoms with Gasteiger partial charge in [0, 0.05) is 6.54 Å². The van der Waals surface area contributed by atoms with Crippen molar-refractivity contribution in [3.05, 3.63) is 65.7 Å². The van der Waals surface area contributed by atoms with Crippen LogP contribution in [-0.4, -0.2) is 31.8 Å². The topological polar surface area (TPSA) is 63.7 Å². The number of sulfonamides is 1. The summed E-state index contributed by atoms with van der Waals surface area (Å²) >= 11 is 0. The van der Waals surface area contributed by atoms with E-state index in [2.05, 4.69) is 0 Å². The Balaban J connectivity index is 2.07. The van der Waals surface area contributed by atoms with E-state index in [-0.39, 0.29) is 29.9 Å². The first-order chi connectivity index (χ1) is 12.9. The highest BCUT2D eigenvalue weighted by Crippen LogP contribution is 2.44. The zero-order valence-electron chi connectivity index (χ0n) is 15.8. The van der Waals surface area contributed by atoms with Gasteiger partial charge in [0.05, 0.1) is 23.5 Å². The van der Waals surface area contributed by atoms with Crippen molar-refractivity contribution in [2.45, 2.75) is 31.7 Å². The third-order valence-electron chi connectivity index (χ3n) is 5.06. The maximum absolute atomic E-state index is 13.4. The lowest BCUT2D eigenvalue weighted by molar-refractivity contribution is -0.149. The minimum atomic E-state index is -3.74. The van der Waals surface area contributed by atoms with Crippen LogP contribution in [0.4, 0.5) is 0 Å². The molecule has 1 saturated heterocycles. The van der Waals surface area contributed by atoms with Crippen LogP contribution in [0.15, 0.2) is 59.5 Å². The number of aryl methyl sites for hydroxylation is 1. The summed E-state index contributed by atoms with van der Waals surface area (Å²) in [6, 6.07) is 15.6. The maximum atomic E-state index is 13.4. The minimum Gasteiger partial charge on any atom is -0.466 e. The SMILES string of the molecule is CCOC(=O)[C@@H]1[C@@H](c2ccccc2)N(S(=O)(=O)c2ccc(C)cc2)C[C@@H]1C. The fourth-order valence-corrected chi connectivity index (χ4v) is 5.45. The molecular weight excluding hydrogens is 362 g/mol. The molecule has 1 aliphatic heterocycles. The molecule has 27 heavy (non-hydrogen) atoms. The second kappa shape index (κ2) is 7.82. The van der Waals surface area contributed by atoms with Gasteiger partial charge in [0.25, 0.3) is 0 Å². The van der Waals surface area contributed by atoms with Crippen molar-refractivity contribution in [3.8, 4) is 0 Å². The van der Waals surface area contributed by atoms with Gasteiger partial charge in [-0.15, -0.1) is 0 Å². The smallest absolute Gasteiger partial charge is 0.311 e. The molecule has 3 rings (SSSR count). The third-order valence-corrected chi connectivity index (χ3v) is 6.92. The van der Waals surface area contributed by atoms with Gasteiger partial charge in [-0.05, 0) is 37.5 Å². The second-order valence-electron chi connectivity index (χ2n) is 7.00. The molecular formula is C21H25NO4S. The summed E-state index contributed by atoms with van der Waals surface area (Å²) in [7, 11) is -3.74. The van der Waals surface area contributed by atoms with E-state index in [1.54, 1.807) is 31.2 Å². The molecule has 1 heterocycles. The highest BCUT2D eigenvalue weighted by molar-refractivity contribution is 7.89. The summed E-state index contributed by atoms with van der Waals surface area (Å²) in [6.45, 7) is 6.13. The number of hydrogen-bond donors (Lipinski definition) is 0. The highest BCUT2D eigenvalue weighted by Gasteiger charge is 2.50. The van der Waals surface area contributed by atoms with Crippen LogP contribution < -0.4 is 0 Å². The largest absolute Gasteiger partial charge is 0.466 e. The molecule has 0 saturated carbocycles. The Hall–Kier alpha value is -2.18. The van der Waals surface area contributed by atoms with Crippen LogP contribution in [0.2, 0.25) is 0 Å². The summed E-state index contributed by atoms with van der Waals surface area (Å²) in [6.07, 6.45) is 0. The summed E-state index contributed by atoms with van der Waals surface area (Å²) in [4.78, 5) is 12.9. The average Bonchev–Trinajstić information content (AvgIpc) is 3.01. The Morgan fingerprint density at radius 1 is 1.11 bits per heavy atom. The van der Waals surface area contributed by atoms with Gasteiger partial charge < -0.3 is 4.74 Å². The molecule has 2 aromatic carbocycles. The van der Waals surface area contributed by atoms with Crippen molar-refractivity contribution in [2.75, 3.05) is 13.2 Å². The van der Waals surface area contributed by atoms with Crippen molar-refractivity contribution in [2.24, 2.45) is 11.8 Å². The van der Waals surface area contributed by atoms with Crippen molar-refractivity contribution >= 4 is 16.0 Å². The molecule has 0 amide bonds. The molecule has 3 atom stereocenters. The summed E-state index contributed by atoms with van der Waals surface area (Å²) in [5.41, 5.74) is 1.79. The average molecular weight is 388 g/mol. The Labute approximate surface area is 161 Å². The number of rotatable bonds is 5. The van der Waals surface area contributed by atoms with Gasteiger partial charge in [-0.25, -0.2) is 8.42 Å². The summed E-state index contributed by atoms with van der Waals surface area (Å²) < 4.78 is 33.5. The Bertz CT molecular complexity index is 894. The number of ether oxygens (including phenoxy) is 1. The highest BCUT2D eigenvalue weighted by atomic mass is 32.2. The molecule has 1 aliphatic rings. The van der Waals surface area contributed by atoms with E-state index in [0.717, 1.165) is 11.1 Å². The van der Waals surface area contributed by atoms with Gasteiger partial charge in [0.2, 0.25) is 10.0 Å². The quantitative estimate of drug-likeness (QED) is 0.736. The molecule has 0 bridgehead atoms. The fourth-order valence-electron chi connectivity index (χ4n) is 3.72. The van der Waals surface area contributed by atoms with E-state index >= 15 is 0 Å². The molecule has 0 aromatic heterocycles. The predicted molar refractivity (Wildman–Crippen MR) is 104 cm³/mol. The molecule has 5 nitrogen and oxygen atoms in total. The van der Waals surface area contributed by atoms with Crippen molar-refractivity contribution < 1.29 is 17.9 Å². The molecule has 0 N–H and O–H groups in total.